The summed E-state index contributed by atoms with van der Waals surface area (Å²) < 4.78 is 32.5. The number of benzene rings is 2. The lowest BCUT2D eigenvalue weighted by Gasteiger charge is -2.10. The lowest BCUT2D eigenvalue weighted by molar-refractivity contribution is 0.102. The molecule has 0 aliphatic rings. The third kappa shape index (κ3) is 4.79. The zero-order chi connectivity index (χ0) is 20.1. The monoisotopic (exact) mass is 417 g/mol. The van der Waals surface area contributed by atoms with Crippen LogP contribution in [-0.4, -0.2) is 26.4 Å². The number of sulfonamides is 1. The molecule has 0 atom stereocenters. The second kappa shape index (κ2) is 8.28. The molecule has 3 rings (SSSR count). The fourth-order valence-electron chi connectivity index (χ4n) is 2.30. The van der Waals surface area contributed by atoms with E-state index in [1.54, 1.807) is 30.3 Å². The first kappa shape index (κ1) is 19.7. The molecule has 3 aromatic rings. The zero-order valence-corrected chi connectivity index (χ0v) is 16.3. The van der Waals surface area contributed by atoms with Gasteiger partial charge in [-0.3, -0.25) is 9.52 Å². The lowest BCUT2D eigenvalue weighted by atomic mass is 10.2. The van der Waals surface area contributed by atoms with Gasteiger partial charge in [-0.25, -0.2) is 13.4 Å². The molecule has 9 heteroatoms. The van der Waals surface area contributed by atoms with E-state index in [0.717, 1.165) is 0 Å². The van der Waals surface area contributed by atoms with E-state index in [9.17, 15) is 13.2 Å². The highest BCUT2D eigenvalue weighted by Crippen LogP contribution is 2.21. The lowest BCUT2D eigenvalue weighted by Crippen LogP contribution is -2.14. The Balaban J connectivity index is 1.70. The summed E-state index contributed by atoms with van der Waals surface area (Å²) in [4.78, 5) is 16.1. The second-order valence-electron chi connectivity index (χ2n) is 5.68. The molecule has 1 heterocycles. The molecule has 7 nitrogen and oxygen atoms in total. The van der Waals surface area contributed by atoms with Gasteiger partial charge in [0.15, 0.2) is 0 Å². The van der Waals surface area contributed by atoms with Gasteiger partial charge in [-0.15, -0.1) is 0 Å². The summed E-state index contributed by atoms with van der Waals surface area (Å²) in [7, 11) is -2.23. The van der Waals surface area contributed by atoms with Crippen molar-refractivity contribution in [3.05, 3.63) is 77.6 Å². The van der Waals surface area contributed by atoms with Gasteiger partial charge in [-0.05, 0) is 60.7 Å². The molecule has 0 saturated carbocycles. The van der Waals surface area contributed by atoms with Crippen LogP contribution in [0.1, 0.15) is 10.4 Å². The number of hydrogen-bond donors (Lipinski definition) is 2. The van der Waals surface area contributed by atoms with Gasteiger partial charge in [0.25, 0.3) is 15.9 Å². The Morgan fingerprint density at radius 3 is 2.18 bits per heavy atom. The van der Waals surface area contributed by atoms with Gasteiger partial charge in [-0.2, -0.15) is 0 Å². The molecule has 0 spiro atoms. The average molecular weight is 418 g/mol. The molecule has 1 amide bonds. The van der Waals surface area contributed by atoms with Crippen molar-refractivity contribution in [3.63, 3.8) is 0 Å². The van der Waals surface area contributed by atoms with Crippen molar-refractivity contribution in [2.24, 2.45) is 0 Å². The third-order valence-electron chi connectivity index (χ3n) is 3.75. The minimum atomic E-state index is -3.76. The van der Waals surface area contributed by atoms with Crippen LogP contribution in [0.5, 0.6) is 5.75 Å². The molecular formula is C19H16ClN3O4S. The van der Waals surface area contributed by atoms with Gasteiger partial charge >= 0.3 is 0 Å². The zero-order valence-electron chi connectivity index (χ0n) is 14.7. The maximum absolute atomic E-state index is 12.5. The number of nitrogens with one attached hydrogen (secondary N) is 2. The third-order valence-corrected chi connectivity index (χ3v) is 5.38. The van der Waals surface area contributed by atoms with Crippen LogP contribution >= 0.6 is 11.6 Å². The van der Waals surface area contributed by atoms with Gasteiger partial charge in [0.1, 0.15) is 10.9 Å². The first-order valence-electron chi connectivity index (χ1n) is 8.07. The summed E-state index contributed by atoms with van der Waals surface area (Å²) >= 11 is 5.70. The molecule has 0 fully saturated rings. The summed E-state index contributed by atoms with van der Waals surface area (Å²) in [5.41, 5.74) is 1.19. The topological polar surface area (TPSA) is 97.4 Å². The number of methoxy groups -OCH3 is 1. The molecular weight excluding hydrogens is 402 g/mol. The molecule has 2 aromatic carbocycles. The van der Waals surface area contributed by atoms with Crippen molar-refractivity contribution >= 4 is 38.9 Å². The summed E-state index contributed by atoms with van der Waals surface area (Å²) in [6.07, 6.45) is 1.36. The number of carbonyl (C=O) groups is 1. The summed E-state index contributed by atoms with van der Waals surface area (Å²) in [6.45, 7) is 0. The summed E-state index contributed by atoms with van der Waals surface area (Å²) in [5.74, 6) is 0.245. The Hall–Kier alpha value is -3.10. The minimum absolute atomic E-state index is 0.0643. The number of aromatic nitrogens is 1. The number of hydrogen-bond acceptors (Lipinski definition) is 5. The SMILES string of the molecule is COc1ccc(NS(=O)(=O)c2ccc(NC(=O)c3ccc(Cl)nc3)cc2)cc1. The average Bonchev–Trinajstić information content (AvgIpc) is 2.69. The number of carbonyl (C=O) groups excluding carboxylic acids is 1. The molecule has 0 radical (unpaired) electrons. The fourth-order valence-corrected chi connectivity index (χ4v) is 3.47. The maximum Gasteiger partial charge on any atom is 0.261 e. The Morgan fingerprint density at radius 1 is 0.964 bits per heavy atom. The van der Waals surface area contributed by atoms with Crippen molar-refractivity contribution in [2.45, 2.75) is 4.90 Å². The Labute approximate surface area is 167 Å². The number of pyridine rings is 1. The van der Waals surface area contributed by atoms with Gasteiger partial charge in [0.05, 0.1) is 17.6 Å². The molecule has 2 N–H and O–H groups in total. The van der Waals surface area contributed by atoms with Crippen molar-refractivity contribution < 1.29 is 17.9 Å². The smallest absolute Gasteiger partial charge is 0.261 e. The van der Waals surface area contributed by atoms with Crippen molar-refractivity contribution in [1.29, 1.82) is 0 Å². The first-order chi connectivity index (χ1) is 13.4. The molecule has 0 aliphatic heterocycles. The van der Waals surface area contributed by atoms with E-state index in [0.29, 0.717) is 22.7 Å². The summed E-state index contributed by atoms with van der Waals surface area (Å²) in [6, 6.07) is 15.4. The minimum Gasteiger partial charge on any atom is -0.497 e. The number of anilines is 2. The number of rotatable bonds is 6. The Bertz CT molecular complexity index is 1070. The molecule has 144 valence electrons. The number of ether oxygens (including phenoxy) is 1. The van der Waals surface area contributed by atoms with Gasteiger partial charge in [0, 0.05) is 17.6 Å². The standard InChI is InChI=1S/C19H16ClN3O4S/c1-27-16-7-3-15(4-8-16)23-28(25,26)17-9-5-14(6-10-17)22-19(24)13-2-11-18(20)21-12-13/h2-12,23H,1H3,(H,22,24). The van der Waals surface area contributed by atoms with Crippen molar-refractivity contribution in [1.82, 2.24) is 4.98 Å². The first-order valence-corrected chi connectivity index (χ1v) is 9.93. The van der Waals surface area contributed by atoms with E-state index in [2.05, 4.69) is 15.0 Å². The van der Waals surface area contributed by atoms with Crippen LogP contribution in [0.3, 0.4) is 0 Å². The normalized spacial score (nSPS) is 10.9. The Morgan fingerprint density at radius 2 is 1.61 bits per heavy atom. The second-order valence-corrected chi connectivity index (χ2v) is 7.75. The van der Waals surface area contributed by atoms with Crippen molar-refractivity contribution in [2.75, 3.05) is 17.1 Å². The summed E-state index contributed by atoms with van der Waals surface area (Å²) in [5, 5.41) is 2.96. The van der Waals surface area contributed by atoms with Crippen LogP contribution in [0.2, 0.25) is 5.15 Å². The molecule has 0 bridgehead atoms. The van der Waals surface area contributed by atoms with Crippen LogP contribution in [0.4, 0.5) is 11.4 Å². The van der Waals surface area contributed by atoms with Crippen LogP contribution < -0.4 is 14.8 Å². The predicted molar refractivity (Wildman–Crippen MR) is 107 cm³/mol. The number of nitrogens with zero attached hydrogens (tertiary/aromatic N) is 1. The van der Waals surface area contributed by atoms with E-state index < -0.39 is 10.0 Å². The van der Waals surface area contributed by atoms with E-state index in [1.165, 1.54) is 43.6 Å². The van der Waals surface area contributed by atoms with E-state index in [4.69, 9.17) is 16.3 Å². The van der Waals surface area contributed by atoms with Gasteiger partial charge in [-0.1, -0.05) is 11.6 Å². The molecule has 28 heavy (non-hydrogen) atoms. The quantitative estimate of drug-likeness (QED) is 0.594. The predicted octanol–water partition coefficient (Wildman–Crippen LogP) is 3.80. The molecule has 0 aliphatic carbocycles. The van der Waals surface area contributed by atoms with E-state index >= 15 is 0 Å². The maximum atomic E-state index is 12.5. The van der Waals surface area contributed by atoms with Crippen LogP contribution in [0.15, 0.2) is 71.8 Å². The molecule has 1 aromatic heterocycles. The largest absolute Gasteiger partial charge is 0.497 e. The van der Waals surface area contributed by atoms with Crippen LogP contribution in [0, 0.1) is 0 Å². The molecule has 0 saturated heterocycles. The van der Waals surface area contributed by atoms with Gasteiger partial charge < -0.3 is 10.1 Å². The highest BCUT2D eigenvalue weighted by molar-refractivity contribution is 7.92. The van der Waals surface area contributed by atoms with E-state index in [1.807, 2.05) is 0 Å². The van der Waals surface area contributed by atoms with Crippen LogP contribution in [0.25, 0.3) is 0 Å². The highest BCUT2D eigenvalue weighted by atomic mass is 35.5. The Kier molecular flexibility index (Phi) is 5.81. The fraction of sp³-hybridized carbons (Fsp3) is 0.0526. The van der Waals surface area contributed by atoms with Crippen LogP contribution in [-0.2, 0) is 10.0 Å². The van der Waals surface area contributed by atoms with E-state index in [-0.39, 0.29) is 16.0 Å². The van der Waals surface area contributed by atoms with Gasteiger partial charge in [0.2, 0.25) is 0 Å². The highest BCUT2D eigenvalue weighted by Gasteiger charge is 2.15. The number of halogens is 1. The molecule has 0 unspecified atom stereocenters. The number of amides is 1. The van der Waals surface area contributed by atoms with Crippen molar-refractivity contribution in [3.8, 4) is 5.75 Å².